The van der Waals surface area contributed by atoms with Crippen molar-refractivity contribution in [3.05, 3.63) is 90.6 Å². The molecule has 3 aromatic rings. The second-order valence-corrected chi connectivity index (χ2v) is 9.12. The quantitative estimate of drug-likeness (QED) is 0.415. The number of ether oxygens (including phenoxy) is 1. The molecular weight excluding hydrogens is 442 g/mol. The van der Waals surface area contributed by atoms with Gasteiger partial charge >= 0.3 is 0 Å². The van der Waals surface area contributed by atoms with E-state index in [1.807, 2.05) is 24.3 Å². The maximum absolute atomic E-state index is 12.9. The van der Waals surface area contributed by atoms with Crippen LogP contribution in [0.25, 0.3) is 18.2 Å². The third kappa shape index (κ3) is 5.61. The summed E-state index contributed by atoms with van der Waals surface area (Å²) < 4.78 is 5.66. The number of benzene rings is 1. The van der Waals surface area contributed by atoms with Gasteiger partial charge in [0.1, 0.15) is 16.5 Å². The van der Waals surface area contributed by atoms with Crippen molar-refractivity contribution in [2.45, 2.75) is 45.1 Å². The van der Waals surface area contributed by atoms with E-state index in [0.717, 1.165) is 35.6 Å². The summed E-state index contributed by atoms with van der Waals surface area (Å²) in [6.45, 7) is 12.2. The van der Waals surface area contributed by atoms with Gasteiger partial charge in [-0.15, -0.1) is 0 Å². The van der Waals surface area contributed by atoms with Gasteiger partial charge in [-0.1, -0.05) is 51.6 Å². The van der Waals surface area contributed by atoms with E-state index in [1.165, 1.54) is 0 Å². The monoisotopic (exact) mass is 475 g/mol. The first-order valence-corrected chi connectivity index (χ1v) is 12.1. The van der Waals surface area contributed by atoms with Crippen molar-refractivity contribution in [3.8, 4) is 0 Å². The maximum atomic E-state index is 12.9. The molecule has 1 aliphatic rings. The largest absolute Gasteiger partial charge is 0.378 e. The van der Waals surface area contributed by atoms with Crippen LogP contribution in [0, 0.1) is 0 Å². The van der Waals surface area contributed by atoms with Crippen molar-refractivity contribution in [3.63, 3.8) is 0 Å². The average Bonchev–Trinajstić information content (AvgIpc) is 3.27. The lowest BCUT2D eigenvalue weighted by atomic mass is 9.96. The van der Waals surface area contributed by atoms with Gasteiger partial charge in [-0.3, -0.25) is 9.59 Å². The van der Waals surface area contributed by atoms with Crippen LogP contribution in [-0.4, -0.2) is 45.7 Å². The first kappa shape index (κ1) is 24.6. The number of H-pyrrole nitrogens is 3. The highest BCUT2D eigenvalue weighted by atomic mass is 16.5. The second kappa shape index (κ2) is 10.8. The molecule has 0 aliphatic carbocycles. The number of imidazole rings is 1. The minimum absolute atomic E-state index is 0.149. The van der Waals surface area contributed by atoms with E-state index in [1.54, 1.807) is 18.2 Å². The van der Waals surface area contributed by atoms with Gasteiger partial charge in [0.25, 0.3) is 11.1 Å². The maximum Gasteiger partial charge on any atom is 0.272 e. The first-order valence-electron chi connectivity index (χ1n) is 12.1. The number of hydrogen-bond acceptors (Lipinski definition) is 5. The Hall–Kier alpha value is -3.49. The van der Waals surface area contributed by atoms with Gasteiger partial charge in [0.15, 0.2) is 0 Å². The number of nitrogens with one attached hydrogen (secondary N) is 4. The van der Waals surface area contributed by atoms with Crippen LogP contribution in [0.5, 0.6) is 0 Å². The Balaban J connectivity index is 1.75. The summed E-state index contributed by atoms with van der Waals surface area (Å²) in [5, 5.41) is 3.87. The summed E-state index contributed by atoms with van der Waals surface area (Å²) in [5.41, 5.74) is 2.54. The van der Waals surface area contributed by atoms with Crippen LogP contribution in [0.3, 0.4) is 0 Å². The first-order chi connectivity index (χ1) is 16.9. The number of aromatic nitrogens is 4. The number of aromatic amines is 3. The summed E-state index contributed by atoms with van der Waals surface area (Å²) in [5.74, 6) is 1.16. The molecule has 1 saturated heterocycles. The SMILES string of the molecule is C=Cc1cccc(C=c2[nH]c(=O)c(=Cc3nc(C(CC)C4COCCN4)[nH]c3C(C)C)[nH]c2=O)c1. The molecule has 2 aromatic heterocycles. The zero-order chi connectivity index (χ0) is 24.9. The van der Waals surface area contributed by atoms with Gasteiger partial charge in [0.2, 0.25) is 0 Å². The van der Waals surface area contributed by atoms with Crippen LogP contribution in [0.4, 0.5) is 0 Å². The lowest BCUT2D eigenvalue weighted by Crippen LogP contribution is -2.46. The molecule has 0 bridgehead atoms. The zero-order valence-corrected chi connectivity index (χ0v) is 20.5. The van der Waals surface area contributed by atoms with Crippen LogP contribution in [0.1, 0.15) is 67.4 Å². The molecule has 1 aliphatic heterocycles. The van der Waals surface area contributed by atoms with Gasteiger partial charge in [-0.05, 0) is 41.7 Å². The topological polar surface area (TPSA) is 116 Å². The number of morpholine rings is 1. The summed E-state index contributed by atoms with van der Waals surface area (Å²) in [6.07, 6.45) is 5.91. The molecular formula is C27H33N5O3. The Labute approximate surface area is 203 Å². The van der Waals surface area contributed by atoms with E-state index in [0.29, 0.717) is 18.9 Å². The third-order valence-corrected chi connectivity index (χ3v) is 6.31. The number of hydrogen-bond donors (Lipinski definition) is 4. The van der Waals surface area contributed by atoms with Crippen molar-refractivity contribution in [1.82, 2.24) is 25.3 Å². The molecule has 0 amide bonds. The van der Waals surface area contributed by atoms with Gasteiger partial charge in [0, 0.05) is 24.2 Å². The summed E-state index contributed by atoms with van der Waals surface area (Å²) in [6, 6.07) is 7.71. The molecule has 184 valence electrons. The Morgan fingerprint density at radius 1 is 1.11 bits per heavy atom. The fourth-order valence-electron chi connectivity index (χ4n) is 4.43. The van der Waals surface area contributed by atoms with Crippen LogP contribution in [0.2, 0.25) is 0 Å². The van der Waals surface area contributed by atoms with Crippen molar-refractivity contribution in [2.75, 3.05) is 19.8 Å². The predicted octanol–water partition coefficient (Wildman–Crippen LogP) is 1.69. The fourth-order valence-corrected chi connectivity index (χ4v) is 4.43. The zero-order valence-electron chi connectivity index (χ0n) is 20.5. The summed E-state index contributed by atoms with van der Waals surface area (Å²) in [7, 11) is 0. The lowest BCUT2D eigenvalue weighted by molar-refractivity contribution is 0.0664. The highest BCUT2D eigenvalue weighted by molar-refractivity contribution is 5.56. The minimum atomic E-state index is -0.385. The highest BCUT2D eigenvalue weighted by Crippen LogP contribution is 2.26. The fraction of sp³-hybridized carbons (Fsp3) is 0.370. The minimum Gasteiger partial charge on any atom is -0.378 e. The van der Waals surface area contributed by atoms with Gasteiger partial charge in [0.05, 0.1) is 18.9 Å². The van der Waals surface area contributed by atoms with Gasteiger partial charge in [-0.25, -0.2) is 4.98 Å². The molecule has 0 saturated carbocycles. The molecule has 0 radical (unpaired) electrons. The molecule has 2 unspecified atom stereocenters. The average molecular weight is 476 g/mol. The van der Waals surface area contributed by atoms with E-state index in [4.69, 9.17) is 9.72 Å². The van der Waals surface area contributed by atoms with Crippen molar-refractivity contribution >= 4 is 18.2 Å². The van der Waals surface area contributed by atoms with Crippen molar-refractivity contribution in [2.24, 2.45) is 0 Å². The van der Waals surface area contributed by atoms with E-state index in [-0.39, 0.29) is 39.7 Å². The van der Waals surface area contributed by atoms with Crippen LogP contribution < -0.4 is 27.1 Å². The molecule has 35 heavy (non-hydrogen) atoms. The molecule has 4 rings (SSSR count). The highest BCUT2D eigenvalue weighted by Gasteiger charge is 2.27. The van der Waals surface area contributed by atoms with E-state index < -0.39 is 0 Å². The molecule has 0 spiro atoms. The van der Waals surface area contributed by atoms with Gasteiger partial charge in [-0.2, -0.15) is 0 Å². The van der Waals surface area contributed by atoms with Crippen molar-refractivity contribution in [1.29, 1.82) is 0 Å². The summed E-state index contributed by atoms with van der Waals surface area (Å²) >= 11 is 0. The van der Waals surface area contributed by atoms with E-state index in [9.17, 15) is 9.59 Å². The van der Waals surface area contributed by atoms with Gasteiger partial charge < -0.3 is 25.0 Å². The Morgan fingerprint density at radius 3 is 2.46 bits per heavy atom. The normalized spacial score (nSPS) is 18.2. The third-order valence-electron chi connectivity index (χ3n) is 6.31. The molecule has 1 fully saturated rings. The summed E-state index contributed by atoms with van der Waals surface area (Å²) in [4.78, 5) is 39.4. The number of nitrogens with zero attached hydrogens (tertiary/aromatic N) is 1. The predicted molar refractivity (Wildman–Crippen MR) is 139 cm³/mol. The second-order valence-electron chi connectivity index (χ2n) is 9.12. The molecule has 4 N–H and O–H groups in total. The smallest absolute Gasteiger partial charge is 0.272 e. The Kier molecular flexibility index (Phi) is 7.63. The molecule has 8 heteroatoms. The molecule has 3 heterocycles. The Morgan fingerprint density at radius 2 is 1.83 bits per heavy atom. The van der Waals surface area contributed by atoms with E-state index >= 15 is 0 Å². The standard InChI is InChI=1S/C27H33N5O3/c1-5-17-8-7-9-18(12-17)13-21-26(33)31-22(27(34)30-21)14-20-24(16(3)4)32-25(29-20)19(6-2)23-15-35-11-10-28-23/h5,7-9,12-14,16,19,23,28H,1,6,10-11,15H2,2-4H3,(H,29,32)(H,30,34)(H,31,33). The lowest BCUT2D eigenvalue weighted by Gasteiger charge is -2.29. The van der Waals surface area contributed by atoms with Crippen LogP contribution in [-0.2, 0) is 4.74 Å². The number of rotatable bonds is 7. The van der Waals surface area contributed by atoms with E-state index in [2.05, 4.69) is 47.6 Å². The Bertz CT molecular complexity index is 1420. The van der Waals surface area contributed by atoms with Crippen molar-refractivity contribution < 1.29 is 4.74 Å². The molecule has 1 aromatic carbocycles. The molecule has 8 nitrogen and oxygen atoms in total. The van der Waals surface area contributed by atoms with Crippen LogP contribution >= 0.6 is 0 Å². The molecule has 2 atom stereocenters. The van der Waals surface area contributed by atoms with Crippen LogP contribution in [0.15, 0.2) is 40.4 Å².